The van der Waals surface area contributed by atoms with Crippen LogP contribution in [0.2, 0.25) is 0 Å². The second-order valence-electron chi connectivity index (χ2n) is 4.78. The number of hydrogen-bond acceptors (Lipinski definition) is 2. The average molecular weight is 249 g/mol. The van der Waals surface area contributed by atoms with E-state index in [0.29, 0.717) is 6.04 Å². The minimum Gasteiger partial charge on any atom is -0.310 e. The second-order valence-corrected chi connectivity index (χ2v) is 5.95. The average Bonchev–Trinajstić information content (AvgIpc) is 2.78. The van der Waals surface area contributed by atoms with Gasteiger partial charge >= 0.3 is 0 Å². The molecule has 2 heteroatoms. The summed E-state index contributed by atoms with van der Waals surface area (Å²) in [5.41, 5.74) is 1.62. The maximum Gasteiger partial charge on any atom is 0.0417 e. The van der Waals surface area contributed by atoms with Gasteiger partial charge in [-0.15, -0.1) is 17.9 Å². The number of allylic oxidation sites excluding steroid dienone is 1. The van der Waals surface area contributed by atoms with Gasteiger partial charge in [0.1, 0.15) is 0 Å². The van der Waals surface area contributed by atoms with Gasteiger partial charge in [0.25, 0.3) is 0 Å². The Morgan fingerprint density at radius 2 is 2.29 bits per heavy atom. The van der Waals surface area contributed by atoms with Crippen LogP contribution in [0, 0.1) is 0 Å². The minimum atomic E-state index is 0.536. The lowest BCUT2D eigenvalue weighted by Crippen LogP contribution is -2.19. The summed E-state index contributed by atoms with van der Waals surface area (Å²) in [6, 6.07) is 2.99. The van der Waals surface area contributed by atoms with Crippen molar-refractivity contribution < 1.29 is 0 Å². The molecule has 0 fully saturated rings. The van der Waals surface area contributed by atoms with Crippen LogP contribution in [0.4, 0.5) is 0 Å². The van der Waals surface area contributed by atoms with Gasteiger partial charge in [-0.05, 0) is 56.7 Å². The molecule has 94 valence electrons. The third-order valence-electron chi connectivity index (χ3n) is 3.47. The summed E-state index contributed by atoms with van der Waals surface area (Å²) in [6.45, 7) is 7.06. The van der Waals surface area contributed by atoms with Crippen LogP contribution in [-0.4, -0.2) is 6.54 Å². The summed E-state index contributed by atoms with van der Waals surface area (Å²) in [7, 11) is 0. The van der Waals surface area contributed by atoms with Crippen LogP contribution in [-0.2, 0) is 12.8 Å². The fourth-order valence-electron chi connectivity index (χ4n) is 2.56. The Morgan fingerprint density at radius 3 is 3.00 bits per heavy atom. The smallest absolute Gasteiger partial charge is 0.0417 e. The SMILES string of the molecule is C=CCCC(NCC)c1cc2c(s1)CCCC2. The normalized spacial score (nSPS) is 16.5. The molecule has 17 heavy (non-hydrogen) atoms. The first-order valence-corrected chi connectivity index (χ1v) is 7.62. The molecule has 1 atom stereocenters. The molecular weight excluding hydrogens is 226 g/mol. The van der Waals surface area contributed by atoms with Crippen molar-refractivity contribution in [1.29, 1.82) is 0 Å². The van der Waals surface area contributed by atoms with Crippen LogP contribution in [0.5, 0.6) is 0 Å². The second kappa shape index (κ2) is 6.36. The highest BCUT2D eigenvalue weighted by Gasteiger charge is 2.18. The third kappa shape index (κ3) is 3.20. The molecule has 0 saturated heterocycles. The Balaban J connectivity index is 2.11. The van der Waals surface area contributed by atoms with Crippen LogP contribution >= 0.6 is 11.3 Å². The van der Waals surface area contributed by atoms with Gasteiger partial charge in [0.05, 0.1) is 0 Å². The molecule has 1 unspecified atom stereocenters. The first kappa shape index (κ1) is 12.8. The monoisotopic (exact) mass is 249 g/mol. The molecule has 1 aromatic rings. The van der Waals surface area contributed by atoms with E-state index in [1.54, 1.807) is 15.3 Å². The highest BCUT2D eigenvalue weighted by molar-refractivity contribution is 7.12. The highest BCUT2D eigenvalue weighted by atomic mass is 32.1. The zero-order valence-electron chi connectivity index (χ0n) is 10.8. The fourth-order valence-corrected chi connectivity index (χ4v) is 3.93. The van der Waals surface area contributed by atoms with Crippen molar-refractivity contribution in [2.45, 2.75) is 51.5 Å². The van der Waals surface area contributed by atoms with Gasteiger partial charge in [0, 0.05) is 15.8 Å². The summed E-state index contributed by atoms with van der Waals surface area (Å²) in [5, 5.41) is 3.61. The van der Waals surface area contributed by atoms with Crippen LogP contribution in [0.25, 0.3) is 0 Å². The van der Waals surface area contributed by atoms with Crippen molar-refractivity contribution >= 4 is 11.3 Å². The highest BCUT2D eigenvalue weighted by Crippen LogP contribution is 2.34. The lowest BCUT2D eigenvalue weighted by molar-refractivity contribution is 0.527. The van der Waals surface area contributed by atoms with E-state index >= 15 is 0 Å². The predicted molar refractivity (Wildman–Crippen MR) is 76.8 cm³/mol. The summed E-state index contributed by atoms with van der Waals surface area (Å²) in [5.74, 6) is 0. The number of thiophene rings is 1. The topological polar surface area (TPSA) is 12.0 Å². The summed E-state index contributed by atoms with van der Waals surface area (Å²) in [6.07, 6.45) is 9.66. The number of rotatable bonds is 6. The molecule has 1 nitrogen and oxygen atoms in total. The van der Waals surface area contributed by atoms with Crippen molar-refractivity contribution in [1.82, 2.24) is 5.32 Å². The fraction of sp³-hybridized carbons (Fsp3) is 0.600. The molecule has 1 aromatic heterocycles. The van der Waals surface area contributed by atoms with E-state index < -0.39 is 0 Å². The van der Waals surface area contributed by atoms with E-state index in [-0.39, 0.29) is 0 Å². The van der Waals surface area contributed by atoms with Crippen molar-refractivity contribution in [3.63, 3.8) is 0 Å². The Hall–Kier alpha value is -0.600. The summed E-state index contributed by atoms with van der Waals surface area (Å²) < 4.78 is 0. The van der Waals surface area contributed by atoms with Gasteiger partial charge in [-0.3, -0.25) is 0 Å². The lowest BCUT2D eigenvalue weighted by Gasteiger charge is -2.15. The van der Waals surface area contributed by atoms with Gasteiger partial charge in [-0.2, -0.15) is 0 Å². The molecule has 1 N–H and O–H groups in total. The van der Waals surface area contributed by atoms with E-state index in [4.69, 9.17) is 0 Å². The van der Waals surface area contributed by atoms with Crippen LogP contribution < -0.4 is 5.32 Å². The van der Waals surface area contributed by atoms with Crippen molar-refractivity contribution in [2.24, 2.45) is 0 Å². The van der Waals surface area contributed by atoms with E-state index in [9.17, 15) is 0 Å². The number of hydrogen-bond donors (Lipinski definition) is 1. The maximum absolute atomic E-state index is 3.83. The zero-order chi connectivity index (χ0) is 12.1. The summed E-state index contributed by atoms with van der Waals surface area (Å²) >= 11 is 2.04. The standard InChI is InChI=1S/C15H23NS/c1-3-5-9-13(16-4-2)15-11-12-8-6-7-10-14(12)17-15/h3,11,13,16H,1,4-10H2,2H3. The number of nitrogens with one attached hydrogen (secondary N) is 1. The van der Waals surface area contributed by atoms with Crippen molar-refractivity contribution in [3.05, 3.63) is 34.0 Å². The van der Waals surface area contributed by atoms with Gasteiger partial charge in [-0.25, -0.2) is 0 Å². The molecule has 1 aliphatic carbocycles. The van der Waals surface area contributed by atoms with Crippen molar-refractivity contribution in [3.8, 4) is 0 Å². The number of fused-ring (bicyclic) bond motifs is 1. The lowest BCUT2D eigenvalue weighted by atomic mass is 9.98. The van der Waals surface area contributed by atoms with Crippen LogP contribution in [0.1, 0.15) is 54.0 Å². The molecule has 0 aromatic carbocycles. The Labute approximate surface area is 109 Å². The van der Waals surface area contributed by atoms with E-state index in [1.807, 2.05) is 17.4 Å². The quantitative estimate of drug-likeness (QED) is 0.743. The molecule has 0 amide bonds. The molecule has 0 saturated carbocycles. The molecule has 0 radical (unpaired) electrons. The number of aryl methyl sites for hydroxylation is 2. The molecule has 0 aliphatic heterocycles. The largest absolute Gasteiger partial charge is 0.310 e. The molecule has 2 rings (SSSR count). The Morgan fingerprint density at radius 1 is 1.47 bits per heavy atom. The molecule has 1 heterocycles. The van der Waals surface area contributed by atoms with Gasteiger partial charge in [-0.1, -0.05) is 13.0 Å². The first-order valence-electron chi connectivity index (χ1n) is 6.81. The molecular formula is C15H23NS. The molecule has 0 bridgehead atoms. The molecule has 1 aliphatic rings. The zero-order valence-corrected chi connectivity index (χ0v) is 11.6. The summed E-state index contributed by atoms with van der Waals surface area (Å²) in [4.78, 5) is 3.19. The van der Waals surface area contributed by atoms with Gasteiger partial charge in [0.15, 0.2) is 0 Å². The van der Waals surface area contributed by atoms with Gasteiger partial charge < -0.3 is 5.32 Å². The van der Waals surface area contributed by atoms with Crippen molar-refractivity contribution in [2.75, 3.05) is 6.54 Å². The maximum atomic E-state index is 3.83. The molecule has 0 spiro atoms. The van der Waals surface area contributed by atoms with Gasteiger partial charge in [0.2, 0.25) is 0 Å². The van der Waals surface area contributed by atoms with E-state index in [0.717, 1.165) is 13.0 Å². The first-order chi connectivity index (χ1) is 8.35. The third-order valence-corrected chi connectivity index (χ3v) is 4.82. The van der Waals surface area contributed by atoms with E-state index in [1.165, 1.54) is 32.1 Å². The predicted octanol–water partition coefficient (Wildman–Crippen LogP) is 4.24. The van der Waals surface area contributed by atoms with E-state index in [2.05, 4.69) is 24.9 Å². The Bertz CT molecular complexity index is 343. The van der Waals surface area contributed by atoms with Crippen LogP contribution in [0.3, 0.4) is 0 Å². The Kier molecular flexibility index (Phi) is 4.81. The minimum absolute atomic E-state index is 0.536. The van der Waals surface area contributed by atoms with Crippen LogP contribution in [0.15, 0.2) is 18.7 Å².